The third-order valence-corrected chi connectivity index (χ3v) is 4.80. The summed E-state index contributed by atoms with van der Waals surface area (Å²) in [4.78, 5) is 15.5. The Morgan fingerprint density at radius 3 is 2.86 bits per heavy atom. The predicted molar refractivity (Wildman–Crippen MR) is 109 cm³/mol. The summed E-state index contributed by atoms with van der Waals surface area (Å²) < 4.78 is 3.69. The van der Waals surface area contributed by atoms with Crippen molar-refractivity contribution < 1.29 is 4.79 Å². The summed E-state index contributed by atoms with van der Waals surface area (Å²) in [6, 6.07) is 8.24. The molecule has 1 amide bonds. The van der Waals surface area contributed by atoms with E-state index in [0.717, 1.165) is 36.2 Å². The number of aromatic amines is 1. The number of aromatic nitrogens is 5. The standard InChI is InChI=1S/C21H24N6O/c1-2-26-13-16(10-23-26)14-27-15-18(12-24-27)25-21(28)9-5-6-17-11-22-20-8-4-3-7-19(17)20/h3-4,7-8,10-13,15,22H,2,5-6,9,14H2,1H3,(H,25,28). The molecule has 0 aliphatic carbocycles. The van der Waals surface area contributed by atoms with E-state index in [2.05, 4.69) is 39.6 Å². The molecule has 7 nitrogen and oxygen atoms in total. The smallest absolute Gasteiger partial charge is 0.224 e. The van der Waals surface area contributed by atoms with Gasteiger partial charge >= 0.3 is 0 Å². The van der Waals surface area contributed by atoms with Crippen LogP contribution in [-0.4, -0.2) is 30.5 Å². The molecule has 0 bridgehead atoms. The fourth-order valence-electron chi connectivity index (χ4n) is 3.36. The fourth-order valence-corrected chi connectivity index (χ4v) is 3.36. The van der Waals surface area contributed by atoms with Crippen LogP contribution in [-0.2, 0) is 24.3 Å². The van der Waals surface area contributed by atoms with E-state index in [4.69, 9.17) is 0 Å². The number of para-hydroxylation sites is 1. The predicted octanol–water partition coefficient (Wildman–Crippen LogP) is 3.59. The molecule has 0 fully saturated rings. The van der Waals surface area contributed by atoms with Crippen molar-refractivity contribution in [2.45, 2.75) is 39.3 Å². The number of H-pyrrole nitrogens is 1. The molecule has 4 aromatic rings. The van der Waals surface area contributed by atoms with Gasteiger partial charge in [-0.15, -0.1) is 0 Å². The molecule has 0 unspecified atom stereocenters. The van der Waals surface area contributed by atoms with Crippen LogP contribution in [0.4, 0.5) is 5.69 Å². The summed E-state index contributed by atoms with van der Waals surface area (Å²) >= 11 is 0. The van der Waals surface area contributed by atoms with Crippen LogP contribution in [0.15, 0.2) is 55.2 Å². The van der Waals surface area contributed by atoms with Crippen LogP contribution in [0.3, 0.4) is 0 Å². The van der Waals surface area contributed by atoms with Gasteiger partial charge in [0.1, 0.15) is 0 Å². The molecule has 28 heavy (non-hydrogen) atoms. The van der Waals surface area contributed by atoms with Crippen LogP contribution < -0.4 is 5.32 Å². The van der Waals surface area contributed by atoms with Crippen LogP contribution in [0.25, 0.3) is 10.9 Å². The maximum Gasteiger partial charge on any atom is 0.224 e. The highest BCUT2D eigenvalue weighted by Crippen LogP contribution is 2.19. The van der Waals surface area contributed by atoms with Gasteiger partial charge in [0.15, 0.2) is 0 Å². The Bertz CT molecular complexity index is 1070. The number of aryl methyl sites for hydroxylation is 2. The highest BCUT2D eigenvalue weighted by atomic mass is 16.1. The third-order valence-electron chi connectivity index (χ3n) is 4.80. The summed E-state index contributed by atoms with van der Waals surface area (Å²) in [5, 5.41) is 12.7. The van der Waals surface area contributed by atoms with Gasteiger partial charge in [0.25, 0.3) is 0 Å². The number of nitrogens with zero attached hydrogens (tertiary/aromatic N) is 4. The average molecular weight is 376 g/mol. The van der Waals surface area contributed by atoms with Gasteiger partial charge in [0.05, 0.1) is 24.6 Å². The number of anilines is 1. The average Bonchev–Trinajstić information content (AvgIpc) is 3.43. The lowest BCUT2D eigenvalue weighted by molar-refractivity contribution is -0.116. The number of carbonyl (C=O) groups is 1. The number of hydrogen-bond donors (Lipinski definition) is 2. The van der Waals surface area contributed by atoms with E-state index in [1.54, 1.807) is 10.9 Å². The van der Waals surface area contributed by atoms with Crippen LogP contribution in [0.5, 0.6) is 0 Å². The lowest BCUT2D eigenvalue weighted by atomic mass is 10.1. The molecule has 144 valence electrons. The maximum absolute atomic E-state index is 12.2. The van der Waals surface area contributed by atoms with Crippen molar-refractivity contribution in [1.29, 1.82) is 0 Å². The molecule has 3 heterocycles. The van der Waals surface area contributed by atoms with Gasteiger partial charge < -0.3 is 10.3 Å². The van der Waals surface area contributed by atoms with Crippen molar-refractivity contribution in [3.8, 4) is 0 Å². The topological polar surface area (TPSA) is 80.5 Å². The number of rotatable bonds is 8. The molecular weight excluding hydrogens is 352 g/mol. The molecule has 3 aromatic heterocycles. The van der Waals surface area contributed by atoms with Gasteiger partial charge in [-0.2, -0.15) is 10.2 Å². The fraction of sp³-hybridized carbons (Fsp3) is 0.286. The van der Waals surface area contributed by atoms with E-state index in [1.807, 2.05) is 41.6 Å². The molecule has 0 atom stereocenters. The van der Waals surface area contributed by atoms with Gasteiger partial charge in [0.2, 0.25) is 5.91 Å². The highest BCUT2D eigenvalue weighted by molar-refractivity contribution is 5.90. The zero-order chi connectivity index (χ0) is 19.3. The minimum Gasteiger partial charge on any atom is -0.361 e. The summed E-state index contributed by atoms with van der Waals surface area (Å²) in [6.45, 7) is 3.53. The molecule has 4 rings (SSSR count). The molecule has 0 radical (unpaired) electrons. The van der Waals surface area contributed by atoms with Gasteiger partial charge in [-0.3, -0.25) is 14.2 Å². The van der Waals surface area contributed by atoms with Crippen LogP contribution in [0.1, 0.15) is 30.9 Å². The Morgan fingerprint density at radius 1 is 1.14 bits per heavy atom. The Kier molecular flexibility index (Phi) is 5.23. The Morgan fingerprint density at radius 2 is 2.00 bits per heavy atom. The summed E-state index contributed by atoms with van der Waals surface area (Å²) in [5.41, 5.74) is 4.20. The van der Waals surface area contributed by atoms with Crippen molar-refractivity contribution in [3.63, 3.8) is 0 Å². The van der Waals surface area contributed by atoms with E-state index in [9.17, 15) is 4.79 Å². The number of amides is 1. The first-order valence-electron chi connectivity index (χ1n) is 9.60. The lowest BCUT2D eigenvalue weighted by Gasteiger charge is -2.03. The molecule has 0 aliphatic rings. The molecular formula is C21H24N6O. The molecule has 0 saturated heterocycles. The summed E-state index contributed by atoms with van der Waals surface area (Å²) in [7, 11) is 0. The molecule has 1 aromatic carbocycles. The van der Waals surface area contributed by atoms with Crippen LogP contribution in [0.2, 0.25) is 0 Å². The normalized spacial score (nSPS) is 11.2. The number of benzene rings is 1. The van der Waals surface area contributed by atoms with Crippen molar-refractivity contribution in [1.82, 2.24) is 24.5 Å². The number of carbonyl (C=O) groups excluding carboxylic acids is 1. The number of nitrogens with one attached hydrogen (secondary N) is 2. The monoisotopic (exact) mass is 376 g/mol. The SMILES string of the molecule is CCn1cc(Cn2cc(NC(=O)CCCc3c[nH]c4ccccc34)cn2)cn1. The van der Waals surface area contributed by atoms with Crippen LogP contribution in [0, 0.1) is 0 Å². The third kappa shape index (κ3) is 4.14. The molecule has 7 heteroatoms. The summed E-state index contributed by atoms with van der Waals surface area (Å²) in [5.74, 6) is 0.0122. The Labute approximate surface area is 163 Å². The van der Waals surface area contributed by atoms with E-state index in [0.29, 0.717) is 13.0 Å². The van der Waals surface area contributed by atoms with Crippen molar-refractivity contribution in [3.05, 3.63) is 66.4 Å². The second kappa shape index (κ2) is 8.12. The van der Waals surface area contributed by atoms with E-state index >= 15 is 0 Å². The molecule has 0 aliphatic heterocycles. The van der Waals surface area contributed by atoms with E-state index in [1.165, 1.54) is 10.9 Å². The van der Waals surface area contributed by atoms with Gasteiger partial charge in [0, 0.05) is 48.0 Å². The first kappa shape index (κ1) is 18.0. The first-order chi connectivity index (χ1) is 13.7. The van der Waals surface area contributed by atoms with Gasteiger partial charge in [-0.05, 0) is 31.4 Å². The Hall–Kier alpha value is -3.35. The zero-order valence-corrected chi connectivity index (χ0v) is 15.9. The quantitative estimate of drug-likeness (QED) is 0.493. The second-order valence-electron chi connectivity index (χ2n) is 6.89. The summed E-state index contributed by atoms with van der Waals surface area (Å²) in [6.07, 6.45) is 11.6. The lowest BCUT2D eigenvalue weighted by Crippen LogP contribution is -2.11. The first-order valence-corrected chi connectivity index (χ1v) is 9.60. The maximum atomic E-state index is 12.2. The minimum absolute atomic E-state index is 0.0122. The van der Waals surface area contributed by atoms with E-state index in [-0.39, 0.29) is 5.91 Å². The van der Waals surface area contributed by atoms with Gasteiger partial charge in [-0.1, -0.05) is 18.2 Å². The minimum atomic E-state index is 0.0122. The second-order valence-corrected chi connectivity index (χ2v) is 6.89. The molecule has 0 spiro atoms. The molecule has 2 N–H and O–H groups in total. The van der Waals surface area contributed by atoms with Crippen molar-refractivity contribution >= 4 is 22.5 Å². The highest BCUT2D eigenvalue weighted by Gasteiger charge is 2.08. The largest absolute Gasteiger partial charge is 0.361 e. The number of hydrogen-bond acceptors (Lipinski definition) is 3. The van der Waals surface area contributed by atoms with Crippen molar-refractivity contribution in [2.24, 2.45) is 0 Å². The zero-order valence-electron chi connectivity index (χ0n) is 15.9. The van der Waals surface area contributed by atoms with Gasteiger partial charge in [-0.25, -0.2) is 0 Å². The Balaban J connectivity index is 1.26. The van der Waals surface area contributed by atoms with Crippen LogP contribution >= 0.6 is 0 Å². The number of fused-ring (bicyclic) bond motifs is 1. The van der Waals surface area contributed by atoms with E-state index < -0.39 is 0 Å². The van der Waals surface area contributed by atoms with Crippen molar-refractivity contribution in [2.75, 3.05) is 5.32 Å². The molecule has 0 saturated carbocycles.